The van der Waals surface area contributed by atoms with Crippen LogP contribution in [0.5, 0.6) is 11.5 Å². The number of aliphatic carboxylic acids is 1. The van der Waals surface area contributed by atoms with Crippen molar-refractivity contribution in [3.63, 3.8) is 0 Å². The first kappa shape index (κ1) is 28.3. The minimum atomic E-state index is -0.697. The second-order valence-electron chi connectivity index (χ2n) is 9.90. The highest BCUT2D eigenvalue weighted by Crippen LogP contribution is 2.35. The molecule has 2 aromatic carbocycles. The third-order valence-electron chi connectivity index (χ3n) is 6.96. The maximum absolute atomic E-state index is 13.3. The Morgan fingerprint density at radius 3 is 1.81 bits per heavy atom. The van der Waals surface area contributed by atoms with Crippen LogP contribution in [0, 0.1) is 0 Å². The van der Waals surface area contributed by atoms with Crippen LogP contribution >= 0.6 is 0 Å². The molecule has 3 N–H and O–H groups in total. The molecule has 0 unspecified atom stereocenters. The molecule has 0 radical (unpaired) electrons. The molecule has 1 heterocycles. The molecule has 3 rings (SSSR count). The molecule has 1 aromatic heterocycles. The van der Waals surface area contributed by atoms with Crippen LogP contribution in [0.4, 0.5) is 0 Å². The van der Waals surface area contributed by atoms with Crippen LogP contribution in [-0.2, 0) is 11.2 Å². The second kappa shape index (κ2) is 15.1. The number of phenols is 2. The third-order valence-corrected chi connectivity index (χ3v) is 6.96. The number of benzene rings is 2. The number of phenolic OH excluding ortho intramolecular Hbond substituents is 2. The van der Waals surface area contributed by atoms with Gasteiger partial charge in [-0.05, 0) is 31.4 Å². The van der Waals surface area contributed by atoms with Gasteiger partial charge in [0.2, 0.25) is 0 Å². The van der Waals surface area contributed by atoms with Crippen molar-refractivity contribution in [2.75, 3.05) is 0 Å². The van der Waals surface area contributed by atoms with Gasteiger partial charge in [-0.3, -0.25) is 9.59 Å². The molecule has 0 aliphatic heterocycles. The Kier molecular flexibility index (Phi) is 11.5. The van der Waals surface area contributed by atoms with Gasteiger partial charge in [0.1, 0.15) is 16.7 Å². The lowest BCUT2D eigenvalue weighted by Gasteiger charge is -2.11. The molecule has 0 aliphatic carbocycles. The van der Waals surface area contributed by atoms with Gasteiger partial charge in [0, 0.05) is 17.5 Å². The summed E-state index contributed by atoms with van der Waals surface area (Å²) in [7, 11) is 0. The summed E-state index contributed by atoms with van der Waals surface area (Å²) < 4.78 is 6.08. The zero-order valence-corrected chi connectivity index (χ0v) is 21.7. The highest BCUT2D eigenvalue weighted by atomic mass is 16.4. The molecule has 0 saturated heterocycles. The quantitative estimate of drug-likeness (QED) is 0.126. The van der Waals surface area contributed by atoms with Gasteiger partial charge in [-0.15, -0.1) is 0 Å². The van der Waals surface area contributed by atoms with Gasteiger partial charge in [-0.2, -0.15) is 0 Å². The van der Waals surface area contributed by atoms with E-state index in [-0.39, 0.29) is 28.6 Å². The number of hydrogen-bond donors (Lipinski definition) is 3. The van der Waals surface area contributed by atoms with Crippen LogP contribution in [0.15, 0.2) is 51.7 Å². The van der Waals surface area contributed by atoms with Crippen molar-refractivity contribution >= 4 is 16.9 Å². The number of carbonyl (C=O) groups is 1. The fourth-order valence-corrected chi connectivity index (χ4v) is 4.86. The molecular weight excluding hydrogens is 468 g/mol. The van der Waals surface area contributed by atoms with E-state index in [1.54, 1.807) is 0 Å². The second-order valence-corrected chi connectivity index (χ2v) is 9.90. The first-order chi connectivity index (χ1) is 18.0. The zero-order valence-electron chi connectivity index (χ0n) is 21.7. The Bertz CT molecular complexity index is 1180. The van der Waals surface area contributed by atoms with Gasteiger partial charge in [-0.1, -0.05) is 101 Å². The molecule has 6 heteroatoms. The van der Waals surface area contributed by atoms with E-state index in [9.17, 15) is 19.8 Å². The number of unbranched alkanes of at least 4 members (excludes halogenated alkanes) is 12. The maximum atomic E-state index is 13.3. The highest BCUT2D eigenvalue weighted by molar-refractivity contribution is 5.88. The summed E-state index contributed by atoms with van der Waals surface area (Å²) in [5.41, 5.74) is 1.35. The van der Waals surface area contributed by atoms with Gasteiger partial charge in [0.25, 0.3) is 0 Å². The summed E-state index contributed by atoms with van der Waals surface area (Å²) in [6, 6.07) is 12.4. The molecule has 0 spiro atoms. The lowest BCUT2D eigenvalue weighted by Crippen LogP contribution is -2.11. The minimum absolute atomic E-state index is 0.0370. The molecule has 0 bridgehead atoms. The first-order valence-corrected chi connectivity index (χ1v) is 13.8. The van der Waals surface area contributed by atoms with E-state index in [2.05, 4.69) is 0 Å². The molecule has 3 aromatic rings. The standard InChI is InChI=1S/C31H40O6/c32-25-21-22-26-28(30(25)36)29(35)24(31(37-26)23-17-13-12-14-18-23)19-15-10-8-6-4-2-1-3-5-7-9-11-16-20-27(33)34/h12-14,17-18,21-22,32,36H,1-11,15-16,19-20H2,(H,33,34). The monoisotopic (exact) mass is 508 g/mol. The molecule has 6 nitrogen and oxygen atoms in total. The number of rotatable bonds is 17. The number of hydrogen-bond acceptors (Lipinski definition) is 5. The van der Waals surface area contributed by atoms with Crippen molar-refractivity contribution in [3.8, 4) is 22.8 Å². The van der Waals surface area contributed by atoms with Crippen LogP contribution in [0.25, 0.3) is 22.3 Å². The van der Waals surface area contributed by atoms with Crippen molar-refractivity contribution in [1.29, 1.82) is 0 Å². The lowest BCUT2D eigenvalue weighted by molar-refractivity contribution is -0.137. The topological polar surface area (TPSA) is 108 Å². The fraction of sp³-hybridized carbons (Fsp3) is 0.484. The normalized spacial score (nSPS) is 11.2. The van der Waals surface area contributed by atoms with E-state index in [1.807, 2.05) is 30.3 Å². The maximum Gasteiger partial charge on any atom is 0.303 e. The number of carboxylic acids is 1. The van der Waals surface area contributed by atoms with Crippen LogP contribution in [0.1, 0.15) is 95.5 Å². The smallest absolute Gasteiger partial charge is 0.303 e. The number of fused-ring (bicyclic) bond motifs is 1. The predicted molar refractivity (Wildman–Crippen MR) is 147 cm³/mol. The van der Waals surface area contributed by atoms with E-state index >= 15 is 0 Å². The summed E-state index contributed by atoms with van der Waals surface area (Å²) in [4.78, 5) is 23.8. The minimum Gasteiger partial charge on any atom is -0.504 e. The Morgan fingerprint density at radius 2 is 1.24 bits per heavy atom. The van der Waals surface area contributed by atoms with E-state index in [4.69, 9.17) is 9.52 Å². The van der Waals surface area contributed by atoms with Crippen molar-refractivity contribution in [1.82, 2.24) is 0 Å². The van der Waals surface area contributed by atoms with E-state index in [0.29, 0.717) is 17.7 Å². The van der Waals surface area contributed by atoms with Gasteiger partial charge >= 0.3 is 5.97 Å². The molecule has 0 amide bonds. The van der Waals surface area contributed by atoms with Crippen LogP contribution in [0.2, 0.25) is 0 Å². The number of carboxylic acid groups (broad SMARTS) is 1. The zero-order chi connectivity index (χ0) is 26.5. The first-order valence-electron chi connectivity index (χ1n) is 13.8. The van der Waals surface area contributed by atoms with Gasteiger partial charge in [0.05, 0.1) is 0 Å². The summed E-state index contributed by atoms with van der Waals surface area (Å²) in [5, 5.41) is 28.9. The molecular formula is C31H40O6. The average Bonchev–Trinajstić information content (AvgIpc) is 2.89. The summed E-state index contributed by atoms with van der Waals surface area (Å²) in [6.07, 6.45) is 15.4. The van der Waals surface area contributed by atoms with E-state index in [0.717, 1.165) is 44.1 Å². The Morgan fingerprint density at radius 1 is 0.703 bits per heavy atom. The van der Waals surface area contributed by atoms with Gasteiger partial charge in [-0.25, -0.2) is 0 Å². The summed E-state index contributed by atoms with van der Waals surface area (Å²) in [5.74, 6) is -0.915. The SMILES string of the molecule is O=C(O)CCCCCCCCCCCCCCCc1c(-c2ccccc2)oc2ccc(O)c(O)c2c1=O. The number of aromatic hydroxyl groups is 2. The van der Waals surface area contributed by atoms with Crippen LogP contribution < -0.4 is 5.43 Å². The summed E-state index contributed by atoms with van der Waals surface area (Å²) in [6.45, 7) is 0. The molecule has 0 aliphatic rings. The molecule has 0 saturated carbocycles. The van der Waals surface area contributed by atoms with Gasteiger partial charge in [0.15, 0.2) is 16.9 Å². The van der Waals surface area contributed by atoms with Crippen LogP contribution in [0.3, 0.4) is 0 Å². The third kappa shape index (κ3) is 8.66. The molecule has 0 fully saturated rings. The largest absolute Gasteiger partial charge is 0.504 e. The summed E-state index contributed by atoms with van der Waals surface area (Å²) >= 11 is 0. The predicted octanol–water partition coefficient (Wildman–Crippen LogP) is 7.96. The van der Waals surface area contributed by atoms with Gasteiger partial charge < -0.3 is 19.7 Å². The van der Waals surface area contributed by atoms with E-state index < -0.39 is 11.7 Å². The van der Waals surface area contributed by atoms with Crippen molar-refractivity contribution in [2.45, 2.75) is 96.3 Å². The van der Waals surface area contributed by atoms with Crippen molar-refractivity contribution < 1.29 is 24.5 Å². The molecule has 200 valence electrons. The molecule has 0 atom stereocenters. The Balaban J connectivity index is 1.41. The lowest BCUT2D eigenvalue weighted by atomic mass is 9.98. The average molecular weight is 509 g/mol. The fourth-order valence-electron chi connectivity index (χ4n) is 4.86. The van der Waals surface area contributed by atoms with Crippen molar-refractivity contribution in [3.05, 3.63) is 58.3 Å². The molecule has 37 heavy (non-hydrogen) atoms. The van der Waals surface area contributed by atoms with E-state index in [1.165, 1.54) is 57.1 Å². The highest BCUT2D eigenvalue weighted by Gasteiger charge is 2.19. The van der Waals surface area contributed by atoms with Crippen LogP contribution in [-0.4, -0.2) is 21.3 Å². The van der Waals surface area contributed by atoms with Crippen molar-refractivity contribution in [2.24, 2.45) is 0 Å². The Labute approximate surface area is 219 Å². The Hall–Kier alpha value is -3.28.